The van der Waals surface area contributed by atoms with E-state index in [1.165, 1.54) is 0 Å². The molecule has 1 unspecified atom stereocenters. The molecule has 0 radical (unpaired) electrons. The predicted octanol–water partition coefficient (Wildman–Crippen LogP) is 2.26. The SMILES string of the molecule is Cc1cc(C(N)CCc2nccn2C)c(C)o1. The van der Waals surface area contributed by atoms with Gasteiger partial charge in [-0.25, -0.2) is 4.98 Å². The largest absolute Gasteiger partial charge is 0.466 e. The van der Waals surface area contributed by atoms with Gasteiger partial charge in [-0.05, 0) is 26.3 Å². The van der Waals surface area contributed by atoms with Crippen LogP contribution in [-0.2, 0) is 13.5 Å². The second kappa shape index (κ2) is 4.75. The highest BCUT2D eigenvalue weighted by atomic mass is 16.3. The van der Waals surface area contributed by atoms with Gasteiger partial charge in [0.25, 0.3) is 0 Å². The number of aromatic nitrogens is 2. The topological polar surface area (TPSA) is 57.0 Å². The molecule has 2 N–H and O–H groups in total. The molecule has 0 aliphatic heterocycles. The fraction of sp³-hybridized carbons (Fsp3) is 0.462. The lowest BCUT2D eigenvalue weighted by Gasteiger charge is -2.10. The highest BCUT2D eigenvalue weighted by Gasteiger charge is 2.13. The Morgan fingerprint density at radius 1 is 1.47 bits per heavy atom. The molecule has 92 valence electrons. The first-order chi connectivity index (χ1) is 8.08. The number of imidazole rings is 1. The number of nitrogens with two attached hydrogens (primary N) is 1. The Labute approximate surface area is 101 Å². The Kier molecular flexibility index (Phi) is 3.33. The van der Waals surface area contributed by atoms with Crippen LogP contribution in [0.3, 0.4) is 0 Å². The first-order valence-corrected chi connectivity index (χ1v) is 5.86. The van der Waals surface area contributed by atoms with Crippen molar-refractivity contribution in [3.05, 3.63) is 41.4 Å². The maximum absolute atomic E-state index is 6.18. The highest BCUT2D eigenvalue weighted by Crippen LogP contribution is 2.23. The van der Waals surface area contributed by atoms with Gasteiger partial charge in [-0.3, -0.25) is 0 Å². The fourth-order valence-electron chi connectivity index (χ4n) is 2.10. The molecule has 0 spiro atoms. The lowest BCUT2D eigenvalue weighted by molar-refractivity contribution is 0.494. The molecule has 0 saturated heterocycles. The number of furan rings is 1. The molecular formula is C13H19N3O. The van der Waals surface area contributed by atoms with Crippen LogP contribution in [0.5, 0.6) is 0 Å². The second-order valence-corrected chi connectivity index (χ2v) is 4.47. The molecule has 2 heterocycles. The summed E-state index contributed by atoms with van der Waals surface area (Å²) in [7, 11) is 2.00. The molecule has 0 bridgehead atoms. The molecule has 4 nitrogen and oxygen atoms in total. The Balaban J connectivity index is 2.00. The molecule has 2 aromatic rings. The van der Waals surface area contributed by atoms with E-state index in [9.17, 15) is 0 Å². The van der Waals surface area contributed by atoms with E-state index >= 15 is 0 Å². The zero-order chi connectivity index (χ0) is 12.4. The van der Waals surface area contributed by atoms with Gasteiger partial charge >= 0.3 is 0 Å². The molecule has 0 fully saturated rings. The fourth-order valence-corrected chi connectivity index (χ4v) is 2.10. The first kappa shape index (κ1) is 11.9. The van der Waals surface area contributed by atoms with Gasteiger partial charge in [-0.1, -0.05) is 0 Å². The molecule has 0 saturated carbocycles. The van der Waals surface area contributed by atoms with E-state index in [0.29, 0.717) is 0 Å². The number of hydrogen-bond donors (Lipinski definition) is 1. The third kappa shape index (κ3) is 2.58. The van der Waals surface area contributed by atoms with Crippen molar-refractivity contribution in [2.45, 2.75) is 32.7 Å². The van der Waals surface area contributed by atoms with Crippen molar-refractivity contribution < 1.29 is 4.42 Å². The van der Waals surface area contributed by atoms with Gasteiger partial charge in [0.1, 0.15) is 17.3 Å². The van der Waals surface area contributed by atoms with Crippen molar-refractivity contribution in [3.8, 4) is 0 Å². The van der Waals surface area contributed by atoms with E-state index in [0.717, 1.165) is 35.7 Å². The number of aryl methyl sites for hydroxylation is 4. The average Bonchev–Trinajstić information content (AvgIpc) is 2.81. The summed E-state index contributed by atoms with van der Waals surface area (Å²) < 4.78 is 7.52. The molecule has 0 aliphatic carbocycles. The van der Waals surface area contributed by atoms with Crippen LogP contribution in [0.15, 0.2) is 22.9 Å². The van der Waals surface area contributed by atoms with Gasteiger partial charge in [0.2, 0.25) is 0 Å². The summed E-state index contributed by atoms with van der Waals surface area (Å²) in [5, 5.41) is 0. The van der Waals surface area contributed by atoms with Crippen molar-refractivity contribution in [2.75, 3.05) is 0 Å². The van der Waals surface area contributed by atoms with Crippen LogP contribution >= 0.6 is 0 Å². The minimum absolute atomic E-state index is 0.0177. The number of rotatable bonds is 4. The Morgan fingerprint density at radius 3 is 2.76 bits per heavy atom. The van der Waals surface area contributed by atoms with Gasteiger partial charge in [0.05, 0.1) is 0 Å². The smallest absolute Gasteiger partial charge is 0.108 e. The van der Waals surface area contributed by atoms with Crippen molar-refractivity contribution >= 4 is 0 Å². The molecule has 2 aromatic heterocycles. The van der Waals surface area contributed by atoms with Gasteiger partial charge in [-0.15, -0.1) is 0 Å². The third-order valence-corrected chi connectivity index (χ3v) is 3.08. The highest BCUT2D eigenvalue weighted by molar-refractivity contribution is 5.23. The van der Waals surface area contributed by atoms with Crippen molar-refractivity contribution in [2.24, 2.45) is 12.8 Å². The summed E-state index contributed by atoms with van der Waals surface area (Å²) >= 11 is 0. The molecule has 0 amide bonds. The summed E-state index contributed by atoms with van der Waals surface area (Å²) in [6, 6.07) is 2.04. The van der Waals surface area contributed by atoms with Crippen LogP contribution in [0.1, 0.15) is 35.4 Å². The van der Waals surface area contributed by atoms with Crippen molar-refractivity contribution in [1.82, 2.24) is 9.55 Å². The van der Waals surface area contributed by atoms with Crippen LogP contribution < -0.4 is 5.73 Å². The summed E-state index contributed by atoms with van der Waals surface area (Å²) in [6.07, 6.45) is 5.53. The van der Waals surface area contributed by atoms with E-state index in [1.54, 1.807) is 0 Å². The second-order valence-electron chi connectivity index (χ2n) is 4.47. The number of hydrogen-bond acceptors (Lipinski definition) is 3. The van der Waals surface area contributed by atoms with Crippen LogP contribution in [0.25, 0.3) is 0 Å². The monoisotopic (exact) mass is 233 g/mol. The summed E-state index contributed by atoms with van der Waals surface area (Å²) in [4.78, 5) is 4.29. The zero-order valence-corrected chi connectivity index (χ0v) is 10.6. The lowest BCUT2D eigenvalue weighted by atomic mass is 10.0. The third-order valence-electron chi connectivity index (χ3n) is 3.08. The first-order valence-electron chi connectivity index (χ1n) is 5.86. The molecule has 0 aromatic carbocycles. The van der Waals surface area contributed by atoms with E-state index in [-0.39, 0.29) is 6.04 Å². The Hall–Kier alpha value is -1.55. The van der Waals surface area contributed by atoms with E-state index in [2.05, 4.69) is 4.98 Å². The van der Waals surface area contributed by atoms with E-state index in [1.807, 2.05) is 43.9 Å². The van der Waals surface area contributed by atoms with Gasteiger partial charge in [0.15, 0.2) is 0 Å². The Morgan fingerprint density at radius 2 is 2.24 bits per heavy atom. The predicted molar refractivity (Wildman–Crippen MR) is 66.6 cm³/mol. The van der Waals surface area contributed by atoms with Gasteiger partial charge in [0, 0.05) is 37.5 Å². The summed E-state index contributed by atoms with van der Waals surface area (Å²) in [6.45, 7) is 3.91. The Bertz CT molecular complexity index is 498. The molecule has 4 heteroatoms. The van der Waals surface area contributed by atoms with Crippen LogP contribution in [0.4, 0.5) is 0 Å². The minimum Gasteiger partial charge on any atom is -0.466 e. The standard InChI is InChI=1S/C13H19N3O/c1-9-8-11(10(2)17-9)12(14)4-5-13-15-6-7-16(13)3/h6-8,12H,4-5,14H2,1-3H3. The maximum Gasteiger partial charge on any atom is 0.108 e. The molecule has 0 aliphatic rings. The van der Waals surface area contributed by atoms with Gasteiger partial charge < -0.3 is 14.7 Å². The summed E-state index contributed by atoms with van der Waals surface area (Å²) in [5.74, 6) is 2.91. The van der Waals surface area contributed by atoms with Crippen LogP contribution in [0.2, 0.25) is 0 Å². The van der Waals surface area contributed by atoms with Gasteiger partial charge in [-0.2, -0.15) is 0 Å². The van der Waals surface area contributed by atoms with E-state index < -0.39 is 0 Å². The minimum atomic E-state index is 0.0177. The van der Waals surface area contributed by atoms with E-state index in [4.69, 9.17) is 10.2 Å². The maximum atomic E-state index is 6.18. The van der Waals surface area contributed by atoms with Crippen molar-refractivity contribution in [1.29, 1.82) is 0 Å². The molecule has 2 rings (SSSR count). The van der Waals surface area contributed by atoms with Crippen LogP contribution in [-0.4, -0.2) is 9.55 Å². The summed E-state index contributed by atoms with van der Waals surface area (Å²) in [5.41, 5.74) is 7.29. The van der Waals surface area contributed by atoms with Crippen molar-refractivity contribution in [3.63, 3.8) is 0 Å². The molecule has 17 heavy (non-hydrogen) atoms. The molecule has 1 atom stereocenters. The zero-order valence-electron chi connectivity index (χ0n) is 10.6. The average molecular weight is 233 g/mol. The van der Waals surface area contributed by atoms with Crippen LogP contribution in [0, 0.1) is 13.8 Å². The number of nitrogens with zero attached hydrogens (tertiary/aromatic N) is 2. The molecular weight excluding hydrogens is 214 g/mol. The lowest BCUT2D eigenvalue weighted by Crippen LogP contribution is -2.12. The normalized spacial score (nSPS) is 12.9. The quantitative estimate of drug-likeness (QED) is 0.881.